The van der Waals surface area contributed by atoms with E-state index < -0.39 is 0 Å². The summed E-state index contributed by atoms with van der Waals surface area (Å²) in [4.78, 5) is 2.10. The molecule has 0 fully saturated rings. The van der Waals surface area contributed by atoms with E-state index in [2.05, 4.69) is 47.4 Å². The Morgan fingerprint density at radius 1 is 1.00 bits per heavy atom. The van der Waals surface area contributed by atoms with E-state index in [1.165, 1.54) is 16.8 Å². The van der Waals surface area contributed by atoms with Crippen LogP contribution >= 0.6 is 0 Å². The highest BCUT2D eigenvalue weighted by atomic mass is 16.5. The van der Waals surface area contributed by atoms with Crippen molar-refractivity contribution >= 4 is 5.69 Å². The molecule has 0 bridgehead atoms. The summed E-state index contributed by atoms with van der Waals surface area (Å²) in [6, 6.07) is 14.9. The molecule has 0 amide bonds. The lowest BCUT2D eigenvalue weighted by molar-refractivity contribution is 0.466. The van der Waals surface area contributed by atoms with Gasteiger partial charge in [0, 0.05) is 25.3 Å². The Morgan fingerprint density at radius 3 is 2.53 bits per heavy atom. The van der Waals surface area contributed by atoms with Crippen molar-refractivity contribution < 1.29 is 4.74 Å². The van der Waals surface area contributed by atoms with Gasteiger partial charge in [-0.2, -0.15) is 0 Å². The van der Waals surface area contributed by atoms with Crippen molar-refractivity contribution in [3.63, 3.8) is 0 Å². The molecule has 1 aliphatic rings. The minimum absolute atomic E-state index is 0.943. The number of rotatable bonds is 2. The van der Waals surface area contributed by atoms with Crippen LogP contribution in [0.15, 0.2) is 54.8 Å². The van der Waals surface area contributed by atoms with Gasteiger partial charge in [-0.15, -0.1) is 0 Å². The largest absolute Gasteiger partial charge is 0.464 e. The number of nitrogens with zero attached hydrogens (tertiary/aromatic N) is 1. The van der Waals surface area contributed by atoms with Crippen molar-refractivity contribution in [1.29, 1.82) is 0 Å². The molecular weight excluding hydrogens is 234 g/mol. The molecule has 0 N–H and O–H groups in total. The molecule has 0 unspecified atom stereocenters. The second kappa shape index (κ2) is 4.81. The number of hydrogen-bond donors (Lipinski definition) is 0. The predicted octanol–water partition coefficient (Wildman–Crippen LogP) is 3.87. The third-order valence-electron chi connectivity index (χ3n) is 3.41. The molecule has 2 aromatic carbocycles. The Hall–Kier alpha value is -2.22. The lowest BCUT2D eigenvalue weighted by Gasteiger charge is -2.17. The molecule has 19 heavy (non-hydrogen) atoms. The maximum Gasteiger partial charge on any atom is 0.137 e. The molecule has 2 aromatic rings. The molecule has 1 heterocycles. The molecule has 0 radical (unpaired) electrons. The zero-order chi connectivity index (χ0) is 13.2. The molecule has 1 aliphatic heterocycles. The van der Waals surface area contributed by atoms with Gasteiger partial charge in [0.15, 0.2) is 0 Å². The van der Waals surface area contributed by atoms with Crippen LogP contribution < -0.4 is 9.64 Å². The van der Waals surface area contributed by atoms with Gasteiger partial charge in [-0.3, -0.25) is 0 Å². The lowest BCUT2D eigenvalue weighted by atomic mass is 9.99. The maximum absolute atomic E-state index is 5.70. The van der Waals surface area contributed by atoms with Crippen LogP contribution in [0.4, 0.5) is 5.69 Å². The highest BCUT2D eigenvalue weighted by Crippen LogP contribution is 2.36. The van der Waals surface area contributed by atoms with Crippen LogP contribution in [0.1, 0.15) is 5.56 Å². The molecule has 0 saturated carbocycles. The summed E-state index contributed by atoms with van der Waals surface area (Å²) >= 11 is 0. The minimum atomic E-state index is 0.943. The summed E-state index contributed by atoms with van der Waals surface area (Å²) in [7, 11) is 4.10. The highest BCUT2D eigenvalue weighted by Gasteiger charge is 2.12. The Balaban J connectivity index is 2.03. The third kappa shape index (κ3) is 2.22. The third-order valence-corrected chi connectivity index (χ3v) is 3.41. The topological polar surface area (TPSA) is 12.5 Å². The molecule has 3 rings (SSSR count). The van der Waals surface area contributed by atoms with Crippen LogP contribution in [0, 0.1) is 0 Å². The van der Waals surface area contributed by atoms with Crippen molar-refractivity contribution in [1.82, 2.24) is 0 Å². The zero-order valence-electron chi connectivity index (χ0n) is 11.3. The molecule has 2 nitrogen and oxygen atoms in total. The smallest absolute Gasteiger partial charge is 0.137 e. The van der Waals surface area contributed by atoms with Gasteiger partial charge >= 0.3 is 0 Å². The summed E-state index contributed by atoms with van der Waals surface area (Å²) in [5.41, 5.74) is 4.80. The molecule has 0 aromatic heterocycles. The number of benzene rings is 2. The number of hydrogen-bond acceptors (Lipinski definition) is 2. The SMILES string of the molecule is CN(C)c1ccc(-c2cccc3c2OC=CC3)cc1. The van der Waals surface area contributed by atoms with Gasteiger partial charge < -0.3 is 9.64 Å². The average molecular weight is 251 g/mol. The summed E-state index contributed by atoms with van der Waals surface area (Å²) in [6.45, 7) is 0. The van der Waals surface area contributed by atoms with Crippen molar-refractivity contribution in [2.75, 3.05) is 19.0 Å². The van der Waals surface area contributed by atoms with E-state index in [-0.39, 0.29) is 0 Å². The van der Waals surface area contributed by atoms with E-state index in [1.54, 1.807) is 6.26 Å². The summed E-state index contributed by atoms with van der Waals surface area (Å²) in [5, 5.41) is 0. The van der Waals surface area contributed by atoms with Gasteiger partial charge in [-0.05, 0) is 35.8 Å². The first-order valence-electron chi connectivity index (χ1n) is 6.47. The van der Waals surface area contributed by atoms with E-state index in [0.29, 0.717) is 0 Å². The molecule has 0 spiro atoms. The second-order valence-corrected chi connectivity index (χ2v) is 4.93. The normalized spacial score (nSPS) is 12.7. The number of anilines is 1. The quantitative estimate of drug-likeness (QED) is 0.803. The predicted molar refractivity (Wildman–Crippen MR) is 79.7 cm³/mol. The standard InChI is InChI=1S/C17H17NO/c1-18(2)15-10-8-13(9-11-15)16-7-3-5-14-6-4-12-19-17(14)16/h3-5,7-12H,6H2,1-2H3. The fourth-order valence-corrected chi connectivity index (χ4v) is 2.34. The monoisotopic (exact) mass is 251 g/mol. The van der Waals surface area contributed by atoms with E-state index in [1.807, 2.05) is 20.2 Å². The number of fused-ring (bicyclic) bond motifs is 1. The average Bonchev–Trinajstić information content (AvgIpc) is 2.47. The summed E-state index contributed by atoms with van der Waals surface area (Å²) in [5.74, 6) is 0.989. The van der Waals surface area contributed by atoms with E-state index in [4.69, 9.17) is 4.74 Å². The summed E-state index contributed by atoms with van der Waals surface area (Å²) in [6.07, 6.45) is 4.76. The Bertz CT molecular complexity index is 612. The molecular formula is C17H17NO. The summed E-state index contributed by atoms with van der Waals surface area (Å²) < 4.78 is 5.70. The van der Waals surface area contributed by atoms with Crippen LogP contribution in [0.25, 0.3) is 11.1 Å². The van der Waals surface area contributed by atoms with Gasteiger partial charge in [-0.1, -0.05) is 30.3 Å². The minimum Gasteiger partial charge on any atom is -0.464 e. The molecule has 0 atom stereocenters. The van der Waals surface area contributed by atoms with E-state index >= 15 is 0 Å². The Labute approximate surface area is 113 Å². The lowest BCUT2D eigenvalue weighted by Crippen LogP contribution is -2.08. The number of ether oxygens (including phenoxy) is 1. The number of para-hydroxylation sites is 1. The van der Waals surface area contributed by atoms with Crippen LogP contribution in [-0.2, 0) is 6.42 Å². The first-order valence-corrected chi connectivity index (χ1v) is 6.47. The van der Waals surface area contributed by atoms with Gasteiger partial charge in [0.1, 0.15) is 5.75 Å². The Kier molecular flexibility index (Phi) is 3.00. The molecule has 0 saturated heterocycles. The van der Waals surface area contributed by atoms with Crippen molar-refractivity contribution in [2.24, 2.45) is 0 Å². The Morgan fingerprint density at radius 2 is 1.79 bits per heavy atom. The van der Waals surface area contributed by atoms with Crippen LogP contribution in [-0.4, -0.2) is 14.1 Å². The zero-order valence-corrected chi connectivity index (χ0v) is 11.3. The number of allylic oxidation sites excluding steroid dienone is 1. The molecule has 0 aliphatic carbocycles. The second-order valence-electron chi connectivity index (χ2n) is 4.93. The first kappa shape index (κ1) is 11.8. The van der Waals surface area contributed by atoms with Gasteiger partial charge in [0.25, 0.3) is 0 Å². The van der Waals surface area contributed by atoms with Gasteiger partial charge in [0.2, 0.25) is 0 Å². The van der Waals surface area contributed by atoms with Crippen molar-refractivity contribution in [3.05, 3.63) is 60.4 Å². The van der Waals surface area contributed by atoms with Crippen LogP contribution in [0.3, 0.4) is 0 Å². The highest BCUT2D eigenvalue weighted by molar-refractivity contribution is 5.74. The van der Waals surface area contributed by atoms with E-state index in [0.717, 1.165) is 17.7 Å². The van der Waals surface area contributed by atoms with Crippen molar-refractivity contribution in [3.8, 4) is 16.9 Å². The fraction of sp³-hybridized carbons (Fsp3) is 0.176. The molecule has 2 heteroatoms. The van der Waals surface area contributed by atoms with Gasteiger partial charge in [-0.25, -0.2) is 0 Å². The fourth-order valence-electron chi connectivity index (χ4n) is 2.34. The van der Waals surface area contributed by atoms with E-state index in [9.17, 15) is 0 Å². The van der Waals surface area contributed by atoms with Crippen molar-refractivity contribution in [2.45, 2.75) is 6.42 Å². The van der Waals surface area contributed by atoms with Gasteiger partial charge in [0.05, 0.1) is 6.26 Å². The molecule has 96 valence electrons. The maximum atomic E-state index is 5.70. The first-order chi connectivity index (χ1) is 9.25. The van der Waals surface area contributed by atoms with Crippen LogP contribution in [0.5, 0.6) is 5.75 Å². The van der Waals surface area contributed by atoms with Crippen LogP contribution in [0.2, 0.25) is 0 Å².